The van der Waals surface area contributed by atoms with Crippen molar-refractivity contribution in [3.63, 3.8) is 0 Å². The molecule has 5 heteroatoms. The predicted molar refractivity (Wildman–Crippen MR) is 120 cm³/mol. The van der Waals surface area contributed by atoms with E-state index in [1.165, 1.54) is 19.3 Å². The van der Waals surface area contributed by atoms with Gasteiger partial charge in [-0.05, 0) is 93.3 Å². The van der Waals surface area contributed by atoms with Gasteiger partial charge in [-0.15, -0.1) is 0 Å². The largest absolute Gasteiger partial charge is 0.390 e. The van der Waals surface area contributed by atoms with Crippen molar-refractivity contribution in [2.24, 2.45) is 40.9 Å². The van der Waals surface area contributed by atoms with E-state index in [4.69, 9.17) is 9.47 Å². The van der Waals surface area contributed by atoms with Crippen molar-refractivity contribution in [3.05, 3.63) is 0 Å². The maximum absolute atomic E-state index is 13.4. The first kappa shape index (κ1) is 22.3. The Morgan fingerprint density at radius 3 is 2.48 bits per heavy atom. The molecule has 0 radical (unpaired) electrons. The average molecular weight is 434 g/mol. The third-order valence-corrected chi connectivity index (χ3v) is 10.4. The lowest BCUT2D eigenvalue weighted by Crippen LogP contribution is -2.55. The number of methoxy groups -OCH3 is 1. The number of morpholine rings is 1. The van der Waals surface area contributed by atoms with E-state index < -0.39 is 5.60 Å². The zero-order chi connectivity index (χ0) is 21.8. The third kappa shape index (κ3) is 3.92. The van der Waals surface area contributed by atoms with Crippen molar-refractivity contribution in [3.8, 4) is 0 Å². The number of hydrogen-bond acceptors (Lipinski definition) is 5. The molecular weight excluding hydrogens is 390 g/mol. The molecule has 31 heavy (non-hydrogen) atoms. The van der Waals surface area contributed by atoms with Gasteiger partial charge in [0.15, 0.2) is 0 Å². The summed E-state index contributed by atoms with van der Waals surface area (Å²) in [6.45, 7) is 8.39. The average Bonchev–Trinajstić information content (AvgIpc) is 3.10. The molecule has 1 heterocycles. The molecule has 0 aromatic heterocycles. The molecule has 0 aromatic carbocycles. The van der Waals surface area contributed by atoms with E-state index in [1.54, 1.807) is 0 Å². The number of carbonyl (C=O) groups is 1. The van der Waals surface area contributed by atoms with Crippen molar-refractivity contribution in [2.45, 2.75) is 76.9 Å². The van der Waals surface area contributed by atoms with Crippen molar-refractivity contribution in [1.29, 1.82) is 0 Å². The normalized spacial score (nSPS) is 50.4. The van der Waals surface area contributed by atoms with Crippen molar-refractivity contribution >= 4 is 5.78 Å². The predicted octanol–water partition coefficient (Wildman–Crippen LogP) is 3.53. The van der Waals surface area contributed by atoms with Gasteiger partial charge < -0.3 is 14.6 Å². The molecule has 5 fully saturated rings. The lowest BCUT2D eigenvalue weighted by Gasteiger charge is -2.58. The second kappa shape index (κ2) is 8.38. The zero-order valence-corrected chi connectivity index (χ0v) is 19.9. The Morgan fingerprint density at radius 1 is 1.03 bits per heavy atom. The molecule has 9 atom stereocenters. The van der Waals surface area contributed by atoms with E-state index in [9.17, 15) is 9.90 Å². The number of carbonyl (C=O) groups excluding carboxylic acids is 1. The van der Waals surface area contributed by atoms with Gasteiger partial charge in [-0.25, -0.2) is 0 Å². The minimum absolute atomic E-state index is 0.163. The number of Topliss-reactive ketones (excluding diaryl/α,β-unsaturated/α-hetero) is 1. The SMILES string of the molecule is CO[C@@H]1C[C@@H]2[C@H](CC[C@]3(C)[C@@H](C(=O)CN4CCOCC4)CC[C@@H]23)[C@H]2CC[C@@](C)(O)C[C@H]21. The lowest BCUT2D eigenvalue weighted by atomic mass is 9.48. The third-order valence-electron chi connectivity index (χ3n) is 10.4. The molecule has 0 spiro atoms. The van der Waals surface area contributed by atoms with Crippen LogP contribution < -0.4 is 0 Å². The van der Waals surface area contributed by atoms with Crippen LogP contribution in [0.4, 0.5) is 0 Å². The Bertz CT molecular complexity index is 674. The highest BCUT2D eigenvalue weighted by molar-refractivity contribution is 5.84. The first-order valence-electron chi connectivity index (χ1n) is 12.9. The molecule has 1 aliphatic heterocycles. The number of hydrogen-bond donors (Lipinski definition) is 1. The van der Waals surface area contributed by atoms with E-state index in [0.29, 0.717) is 36.0 Å². The number of fused-ring (bicyclic) bond motifs is 5. The molecule has 0 amide bonds. The van der Waals surface area contributed by atoms with Crippen LogP contribution in [0, 0.1) is 40.9 Å². The van der Waals surface area contributed by atoms with Gasteiger partial charge >= 0.3 is 0 Å². The molecule has 1 N–H and O–H groups in total. The van der Waals surface area contributed by atoms with Crippen LogP contribution in [0.2, 0.25) is 0 Å². The maximum Gasteiger partial charge on any atom is 0.150 e. The Hall–Kier alpha value is -0.490. The van der Waals surface area contributed by atoms with Gasteiger partial charge in [-0.2, -0.15) is 0 Å². The van der Waals surface area contributed by atoms with Crippen molar-refractivity contribution < 1.29 is 19.4 Å². The summed E-state index contributed by atoms with van der Waals surface area (Å²) < 4.78 is 11.5. The van der Waals surface area contributed by atoms with Crippen molar-refractivity contribution in [2.75, 3.05) is 40.0 Å². The number of ether oxygens (including phenoxy) is 2. The number of ketones is 1. The quantitative estimate of drug-likeness (QED) is 0.735. The maximum atomic E-state index is 13.4. The van der Waals surface area contributed by atoms with E-state index >= 15 is 0 Å². The van der Waals surface area contributed by atoms with Crippen LogP contribution in [-0.2, 0) is 14.3 Å². The van der Waals surface area contributed by atoms with Crippen LogP contribution in [0.1, 0.15) is 65.2 Å². The monoisotopic (exact) mass is 433 g/mol. The summed E-state index contributed by atoms with van der Waals surface area (Å²) in [7, 11) is 1.87. The highest BCUT2D eigenvalue weighted by Gasteiger charge is 2.60. The Labute approximate surface area is 188 Å². The summed E-state index contributed by atoms with van der Waals surface area (Å²) in [5.74, 6) is 4.01. The summed E-state index contributed by atoms with van der Waals surface area (Å²) in [5.41, 5.74) is -0.367. The van der Waals surface area contributed by atoms with E-state index in [1.807, 2.05) is 14.0 Å². The molecule has 5 aliphatic rings. The molecule has 0 unspecified atom stereocenters. The minimum Gasteiger partial charge on any atom is -0.390 e. The molecule has 0 aromatic rings. The van der Waals surface area contributed by atoms with Crippen LogP contribution in [-0.4, -0.2) is 67.5 Å². The molecular formula is C26H43NO4. The standard InChI is InChI=1S/C26H43NO4/c1-25(29)8-6-18-17-7-9-26(2)21(19(17)14-24(30-3)20(18)15-25)4-5-22(26)23(28)16-27-10-12-31-13-11-27/h17-22,24,29H,4-16H2,1-3H3/t17-,18-,19-,20-,21+,22-,24-,25-,26+/m1/s1. The molecule has 4 aliphatic carbocycles. The van der Waals surface area contributed by atoms with Gasteiger partial charge in [0.2, 0.25) is 0 Å². The number of nitrogens with zero attached hydrogens (tertiary/aromatic N) is 1. The molecule has 4 saturated carbocycles. The molecule has 176 valence electrons. The van der Waals surface area contributed by atoms with E-state index in [-0.39, 0.29) is 17.4 Å². The zero-order valence-electron chi connectivity index (χ0n) is 19.9. The highest BCUT2D eigenvalue weighted by Crippen LogP contribution is 2.65. The van der Waals surface area contributed by atoms with Crippen LogP contribution in [0.25, 0.3) is 0 Å². The van der Waals surface area contributed by atoms with Crippen LogP contribution >= 0.6 is 0 Å². The summed E-state index contributed by atoms with van der Waals surface area (Å²) in [4.78, 5) is 15.7. The molecule has 5 nitrogen and oxygen atoms in total. The summed E-state index contributed by atoms with van der Waals surface area (Å²) in [6.07, 6.45) is 9.11. The first-order chi connectivity index (χ1) is 14.8. The number of aliphatic hydroxyl groups is 1. The van der Waals surface area contributed by atoms with Gasteiger partial charge in [-0.3, -0.25) is 9.69 Å². The summed E-state index contributed by atoms with van der Waals surface area (Å²) in [6, 6.07) is 0. The van der Waals surface area contributed by atoms with Crippen molar-refractivity contribution in [1.82, 2.24) is 4.90 Å². The number of rotatable bonds is 4. The van der Waals surface area contributed by atoms with Gasteiger partial charge in [-0.1, -0.05) is 6.92 Å². The van der Waals surface area contributed by atoms with E-state index in [2.05, 4.69) is 11.8 Å². The van der Waals surface area contributed by atoms with Gasteiger partial charge in [0.1, 0.15) is 5.78 Å². The van der Waals surface area contributed by atoms with Gasteiger partial charge in [0.05, 0.1) is 31.5 Å². The molecule has 5 rings (SSSR count). The fraction of sp³-hybridized carbons (Fsp3) is 0.962. The Kier molecular flexibility index (Phi) is 6.03. The molecule has 1 saturated heterocycles. The van der Waals surface area contributed by atoms with E-state index in [0.717, 1.165) is 64.3 Å². The summed E-state index contributed by atoms with van der Waals surface area (Å²) in [5, 5.41) is 10.7. The highest BCUT2D eigenvalue weighted by atomic mass is 16.5. The fourth-order valence-corrected chi connectivity index (χ4v) is 8.91. The van der Waals surface area contributed by atoms with Crippen LogP contribution in [0.5, 0.6) is 0 Å². The summed E-state index contributed by atoms with van der Waals surface area (Å²) >= 11 is 0. The second-order valence-corrected chi connectivity index (χ2v) is 12.0. The Balaban J connectivity index is 1.32. The molecule has 0 bridgehead atoms. The first-order valence-corrected chi connectivity index (χ1v) is 12.9. The fourth-order valence-electron chi connectivity index (χ4n) is 8.91. The topological polar surface area (TPSA) is 59.0 Å². The second-order valence-electron chi connectivity index (χ2n) is 12.0. The van der Waals surface area contributed by atoms with Crippen LogP contribution in [0.3, 0.4) is 0 Å². The van der Waals surface area contributed by atoms with Crippen LogP contribution in [0.15, 0.2) is 0 Å². The Morgan fingerprint density at radius 2 is 1.74 bits per heavy atom. The van der Waals surface area contributed by atoms with Gasteiger partial charge in [0, 0.05) is 26.1 Å². The lowest BCUT2D eigenvalue weighted by molar-refractivity contribution is -0.155. The minimum atomic E-state index is -0.529. The van der Waals surface area contributed by atoms with Gasteiger partial charge in [0.25, 0.3) is 0 Å². The smallest absolute Gasteiger partial charge is 0.150 e.